The summed E-state index contributed by atoms with van der Waals surface area (Å²) in [6, 6.07) is 4.25. The van der Waals surface area contributed by atoms with Crippen molar-refractivity contribution in [3.63, 3.8) is 0 Å². The maximum atomic E-state index is 4.47. The molecule has 0 spiro atoms. The van der Waals surface area contributed by atoms with Gasteiger partial charge in [-0.05, 0) is 37.1 Å². The number of nitrogens with one attached hydrogen (secondary N) is 1. The van der Waals surface area contributed by atoms with Gasteiger partial charge < -0.3 is 5.32 Å². The van der Waals surface area contributed by atoms with Crippen LogP contribution in [0.25, 0.3) is 0 Å². The molecule has 1 aliphatic rings. The van der Waals surface area contributed by atoms with E-state index in [1.807, 2.05) is 11.8 Å². The quantitative estimate of drug-likeness (QED) is 0.848. The summed E-state index contributed by atoms with van der Waals surface area (Å²) < 4.78 is 1.13. The standard InChI is InChI=1S/C12H15BrN2S/c1-7-4-10(13)5-8(2)11(7)15-12-14-6-9(3)16-12/h4-5,9H,6H2,1-3H3,(H,14,15). The average Bonchev–Trinajstić information content (AvgIpc) is 2.58. The van der Waals surface area contributed by atoms with Crippen LogP contribution < -0.4 is 5.32 Å². The Labute approximate surface area is 109 Å². The van der Waals surface area contributed by atoms with E-state index < -0.39 is 0 Å². The number of rotatable bonds is 1. The van der Waals surface area contributed by atoms with Crippen molar-refractivity contribution in [2.75, 3.05) is 11.9 Å². The maximum Gasteiger partial charge on any atom is 0.161 e. The third-order valence-corrected chi connectivity index (χ3v) is 4.00. The first-order valence-electron chi connectivity index (χ1n) is 5.31. The van der Waals surface area contributed by atoms with Gasteiger partial charge in [-0.1, -0.05) is 34.6 Å². The first-order chi connectivity index (χ1) is 7.56. The van der Waals surface area contributed by atoms with Crippen molar-refractivity contribution in [1.29, 1.82) is 0 Å². The van der Waals surface area contributed by atoms with Crippen LogP contribution in [-0.2, 0) is 0 Å². The van der Waals surface area contributed by atoms with E-state index in [1.165, 1.54) is 16.8 Å². The molecule has 1 aromatic carbocycles. The molecule has 0 amide bonds. The lowest BCUT2D eigenvalue weighted by Crippen LogP contribution is -2.08. The summed E-state index contributed by atoms with van der Waals surface area (Å²) in [5.74, 6) is 0. The summed E-state index contributed by atoms with van der Waals surface area (Å²) in [7, 11) is 0. The van der Waals surface area contributed by atoms with E-state index in [9.17, 15) is 0 Å². The highest BCUT2D eigenvalue weighted by Crippen LogP contribution is 2.28. The Bertz CT molecular complexity index is 420. The van der Waals surface area contributed by atoms with Crippen molar-refractivity contribution in [2.45, 2.75) is 26.0 Å². The SMILES string of the molecule is Cc1cc(Br)cc(C)c1NC1=NCC(C)S1. The number of hydrogen-bond acceptors (Lipinski definition) is 3. The molecule has 1 N–H and O–H groups in total. The van der Waals surface area contributed by atoms with Gasteiger partial charge in [-0.25, -0.2) is 0 Å². The van der Waals surface area contributed by atoms with Gasteiger partial charge in [0, 0.05) is 15.4 Å². The molecule has 2 rings (SSSR count). The van der Waals surface area contributed by atoms with Gasteiger partial charge in [-0.15, -0.1) is 0 Å². The third-order valence-electron chi connectivity index (χ3n) is 2.53. The Hall–Kier alpha value is -0.480. The predicted molar refractivity (Wildman–Crippen MR) is 76.6 cm³/mol. The number of amidine groups is 1. The van der Waals surface area contributed by atoms with Crippen molar-refractivity contribution in [3.8, 4) is 0 Å². The zero-order valence-electron chi connectivity index (χ0n) is 9.67. The van der Waals surface area contributed by atoms with Crippen molar-refractivity contribution in [3.05, 3.63) is 27.7 Å². The minimum atomic E-state index is 0.596. The van der Waals surface area contributed by atoms with E-state index in [2.05, 4.69) is 59.1 Å². The van der Waals surface area contributed by atoms with Crippen molar-refractivity contribution >= 4 is 38.5 Å². The highest BCUT2D eigenvalue weighted by atomic mass is 79.9. The van der Waals surface area contributed by atoms with Gasteiger partial charge in [-0.3, -0.25) is 4.99 Å². The zero-order valence-corrected chi connectivity index (χ0v) is 12.1. The third kappa shape index (κ3) is 2.61. The molecule has 0 aliphatic carbocycles. The van der Waals surface area contributed by atoms with E-state index in [-0.39, 0.29) is 0 Å². The molecule has 1 aliphatic heterocycles. The van der Waals surface area contributed by atoms with E-state index >= 15 is 0 Å². The molecular formula is C12H15BrN2S. The number of aliphatic imine (C=N–C) groups is 1. The molecule has 0 saturated heterocycles. The van der Waals surface area contributed by atoms with Crippen LogP contribution in [0.1, 0.15) is 18.1 Å². The molecule has 0 aromatic heterocycles. The van der Waals surface area contributed by atoms with Crippen molar-refractivity contribution < 1.29 is 0 Å². The van der Waals surface area contributed by atoms with E-state index in [0.717, 1.165) is 16.2 Å². The van der Waals surface area contributed by atoms with Crippen LogP contribution in [-0.4, -0.2) is 17.0 Å². The molecule has 0 bridgehead atoms. The molecule has 1 unspecified atom stereocenters. The van der Waals surface area contributed by atoms with Gasteiger partial charge in [0.05, 0.1) is 6.54 Å². The second-order valence-corrected chi connectivity index (χ2v) is 6.46. The summed E-state index contributed by atoms with van der Waals surface area (Å²) in [5.41, 5.74) is 3.67. The van der Waals surface area contributed by atoms with Crippen molar-refractivity contribution in [2.24, 2.45) is 4.99 Å². The lowest BCUT2D eigenvalue weighted by atomic mass is 10.1. The normalized spacial score (nSPS) is 19.8. The monoisotopic (exact) mass is 298 g/mol. The summed E-state index contributed by atoms with van der Waals surface area (Å²) >= 11 is 5.32. The van der Waals surface area contributed by atoms with E-state index in [1.54, 1.807) is 0 Å². The average molecular weight is 299 g/mol. The summed E-state index contributed by atoms with van der Waals surface area (Å²) in [5, 5.41) is 5.07. The summed E-state index contributed by atoms with van der Waals surface area (Å²) in [6.07, 6.45) is 0. The fourth-order valence-corrected chi connectivity index (χ4v) is 3.29. The number of hydrogen-bond donors (Lipinski definition) is 1. The second kappa shape index (κ2) is 4.80. The number of anilines is 1. The number of thioether (sulfide) groups is 1. The zero-order chi connectivity index (χ0) is 11.7. The van der Waals surface area contributed by atoms with Crippen LogP contribution in [0.5, 0.6) is 0 Å². The number of benzene rings is 1. The van der Waals surface area contributed by atoms with Gasteiger partial charge in [0.1, 0.15) is 0 Å². The molecule has 0 radical (unpaired) electrons. The minimum Gasteiger partial charge on any atom is -0.335 e. The molecule has 86 valence electrons. The number of aryl methyl sites for hydroxylation is 2. The Balaban J connectivity index is 2.22. The Morgan fingerprint density at radius 1 is 1.38 bits per heavy atom. The van der Waals surface area contributed by atoms with Crippen LogP contribution in [0.4, 0.5) is 5.69 Å². The number of nitrogens with zero attached hydrogens (tertiary/aromatic N) is 1. The van der Waals surface area contributed by atoms with Crippen LogP contribution in [0.15, 0.2) is 21.6 Å². The van der Waals surface area contributed by atoms with Gasteiger partial charge in [-0.2, -0.15) is 0 Å². The molecular weight excluding hydrogens is 284 g/mol. The van der Waals surface area contributed by atoms with Crippen LogP contribution in [0.3, 0.4) is 0 Å². The molecule has 1 atom stereocenters. The molecule has 1 heterocycles. The maximum absolute atomic E-state index is 4.47. The largest absolute Gasteiger partial charge is 0.335 e. The Morgan fingerprint density at radius 3 is 2.50 bits per heavy atom. The number of halogens is 1. The first kappa shape index (κ1) is 12.0. The Kier molecular flexibility index (Phi) is 3.60. The predicted octanol–water partition coefficient (Wildman–Crippen LogP) is 3.97. The van der Waals surface area contributed by atoms with Crippen LogP contribution in [0.2, 0.25) is 0 Å². The smallest absolute Gasteiger partial charge is 0.161 e. The second-order valence-electron chi connectivity index (χ2n) is 4.11. The molecule has 1 aromatic rings. The topological polar surface area (TPSA) is 24.4 Å². The molecule has 16 heavy (non-hydrogen) atoms. The highest BCUT2D eigenvalue weighted by molar-refractivity contribution is 9.10. The van der Waals surface area contributed by atoms with Gasteiger partial charge >= 0.3 is 0 Å². The summed E-state index contributed by atoms with van der Waals surface area (Å²) in [6.45, 7) is 7.35. The van der Waals surface area contributed by atoms with Gasteiger partial charge in [0.2, 0.25) is 0 Å². The van der Waals surface area contributed by atoms with E-state index in [0.29, 0.717) is 5.25 Å². The minimum absolute atomic E-state index is 0.596. The van der Waals surface area contributed by atoms with Crippen molar-refractivity contribution in [1.82, 2.24) is 0 Å². The lowest BCUT2D eigenvalue weighted by Gasteiger charge is -2.13. The lowest BCUT2D eigenvalue weighted by molar-refractivity contribution is 0.976. The van der Waals surface area contributed by atoms with Crippen LogP contribution in [0, 0.1) is 13.8 Å². The molecule has 4 heteroatoms. The molecule has 2 nitrogen and oxygen atoms in total. The molecule has 0 fully saturated rings. The summed E-state index contributed by atoms with van der Waals surface area (Å²) in [4.78, 5) is 4.47. The first-order valence-corrected chi connectivity index (χ1v) is 6.98. The van der Waals surface area contributed by atoms with Gasteiger partial charge in [0.15, 0.2) is 5.17 Å². The Morgan fingerprint density at radius 2 is 2.00 bits per heavy atom. The van der Waals surface area contributed by atoms with E-state index in [4.69, 9.17) is 0 Å². The van der Waals surface area contributed by atoms with Gasteiger partial charge in [0.25, 0.3) is 0 Å². The highest BCUT2D eigenvalue weighted by Gasteiger charge is 2.16. The molecule has 0 saturated carbocycles. The fraction of sp³-hybridized carbons (Fsp3) is 0.417. The fourth-order valence-electron chi connectivity index (χ4n) is 1.76. The van der Waals surface area contributed by atoms with Crippen LogP contribution >= 0.6 is 27.7 Å².